The molecule has 0 radical (unpaired) electrons. The number of hydrogen-bond donors (Lipinski definition) is 0. The van der Waals surface area contributed by atoms with Crippen molar-refractivity contribution in [2.24, 2.45) is 0 Å². The zero-order valence-corrected chi connectivity index (χ0v) is 15.9. The molecule has 2 heterocycles. The van der Waals surface area contributed by atoms with E-state index in [1.54, 1.807) is 13.2 Å². The summed E-state index contributed by atoms with van der Waals surface area (Å²) in [5, 5.41) is 0. The zero-order valence-electron chi connectivity index (χ0n) is 15.9. The van der Waals surface area contributed by atoms with Crippen LogP contribution in [0.2, 0.25) is 0 Å². The maximum absolute atomic E-state index is 12.4. The topological polar surface area (TPSA) is 71.8 Å². The highest BCUT2D eigenvalue weighted by molar-refractivity contribution is 6.30. The smallest absolute Gasteiger partial charge is 0.333 e. The van der Waals surface area contributed by atoms with E-state index in [0.29, 0.717) is 0 Å². The van der Waals surface area contributed by atoms with Gasteiger partial charge in [-0.2, -0.15) is 0 Å². The quantitative estimate of drug-likeness (QED) is 0.617. The third-order valence-electron chi connectivity index (χ3n) is 4.74. The third kappa shape index (κ3) is 3.01. The minimum absolute atomic E-state index is 0.0328. The van der Waals surface area contributed by atoms with Crippen LogP contribution in [0.25, 0.3) is 11.8 Å². The molecule has 1 saturated heterocycles. The van der Waals surface area contributed by atoms with Crippen molar-refractivity contribution in [3.05, 3.63) is 52.9 Å². The number of aryl methyl sites for hydroxylation is 1. The van der Waals surface area contributed by atoms with E-state index < -0.39 is 17.8 Å². The van der Waals surface area contributed by atoms with Gasteiger partial charge in [0, 0.05) is 31.2 Å². The Balaban J connectivity index is 2.06. The van der Waals surface area contributed by atoms with Gasteiger partial charge >= 0.3 is 6.03 Å². The molecule has 0 aliphatic carbocycles. The molecular formula is C20H21N3O4. The first kappa shape index (κ1) is 18.4. The average molecular weight is 367 g/mol. The molecule has 7 heteroatoms. The molecule has 1 fully saturated rings. The number of aromatic nitrogens is 1. The van der Waals surface area contributed by atoms with Crippen LogP contribution >= 0.6 is 0 Å². The highest BCUT2D eigenvalue weighted by Gasteiger charge is 2.37. The van der Waals surface area contributed by atoms with E-state index in [0.717, 1.165) is 38.2 Å². The van der Waals surface area contributed by atoms with Gasteiger partial charge in [-0.15, -0.1) is 0 Å². The molecular weight excluding hydrogens is 346 g/mol. The van der Waals surface area contributed by atoms with Gasteiger partial charge in [-0.1, -0.05) is 0 Å². The van der Waals surface area contributed by atoms with Crippen LogP contribution in [0.1, 0.15) is 17.0 Å². The van der Waals surface area contributed by atoms with Crippen molar-refractivity contribution >= 4 is 23.9 Å². The molecule has 2 aromatic rings. The molecule has 1 aromatic heterocycles. The number of carbonyl (C=O) groups is 3. The van der Waals surface area contributed by atoms with Gasteiger partial charge in [0.25, 0.3) is 11.8 Å². The molecule has 1 aromatic carbocycles. The molecule has 0 N–H and O–H groups in total. The van der Waals surface area contributed by atoms with Gasteiger partial charge in [-0.25, -0.2) is 4.79 Å². The van der Waals surface area contributed by atoms with Crippen molar-refractivity contribution in [3.63, 3.8) is 0 Å². The SMILES string of the molecule is COc1ccc(-n2c(C)cc(C=C3C(=O)N(C)C(=O)N(C)C3=O)c2C)cc1. The van der Waals surface area contributed by atoms with E-state index in [1.165, 1.54) is 14.1 Å². The van der Waals surface area contributed by atoms with E-state index in [4.69, 9.17) is 4.74 Å². The van der Waals surface area contributed by atoms with E-state index in [1.807, 2.05) is 48.7 Å². The number of barbiturate groups is 1. The molecule has 0 unspecified atom stereocenters. The monoisotopic (exact) mass is 367 g/mol. The maximum atomic E-state index is 12.4. The summed E-state index contributed by atoms with van der Waals surface area (Å²) in [7, 11) is 4.34. The number of ether oxygens (including phenoxy) is 1. The number of benzene rings is 1. The van der Waals surface area contributed by atoms with Crippen LogP contribution < -0.4 is 4.74 Å². The predicted octanol–water partition coefficient (Wildman–Crippen LogP) is 2.54. The second-order valence-corrected chi connectivity index (χ2v) is 6.43. The van der Waals surface area contributed by atoms with E-state index in [-0.39, 0.29) is 5.57 Å². The minimum atomic E-state index is -0.633. The van der Waals surface area contributed by atoms with Crippen molar-refractivity contribution in [2.75, 3.05) is 21.2 Å². The highest BCUT2D eigenvalue weighted by Crippen LogP contribution is 2.26. The Morgan fingerprint density at radius 2 is 1.48 bits per heavy atom. The van der Waals surface area contributed by atoms with Crippen molar-refractivity contribution < 1.29 is 19.1 Å². The molecule has 0 spiro atoms. The third-order valence-corrected chi connectivity index (χ3v) is 4.74. The first-order chi connectivity index (χ1) is 12.8. The molecule has 27 heavy (non-hydrogen) atoms. The van der Waals surface area contributed by atoms with Crippen LogP contribution in [0.15, 0.2) is 35.9 Å². The second kappa shape index (κ2) is 6.75. The largest absolute Gasteiger partial charge is 0.497 e. The van der Waals surface area contributed by atoms with E-state index in [2.05, 4.69) is 0 Å². The standard InChI is InChI=1S/C20H21N3O4/c1-12-10-14(11-17-18(24)21(3)20(26)22(4)19(17)25)13(2)23(12)15-6-8-16(27-5)9-7-15/h6-11H,1-5H3. The van der Waals surface area contributed by atoms with Crippen LogP contribution in [0.4, 0.5) is 4.79 Å². The number of amides is 4. The summed E-state index contributed by atoms with van der Waals surface area (Å²) in [6.07, 6.45) is 1.55. The highest BCUT2D eigenvalue weighted by atomic mass is 16.5. The lowest BCUT2D eigenvalue weighted by Crippen LogP contribution is -2.52. The summed E-state index contributed by atoms with van der Waals surface area (Å²) in [6.45, 7) is 3.87. The molecule has 0 atom stereocenters. The Morgan fingerprint density at radius 3 is 2.00 bits per heavy atom. The lowest BCUT2D eigenvalue weighted by atomic mass is 10.1. The van der Waals surface area contributed by atoms with Crippen molar-refractivity contribution in [1.82, 2.24) is 14.4 Å². The first-order valence-electron chi connectivity index (χ1n) is 8.41. The molecule has 140 valence electrons. The number of urea groups is 1. The number of imide groups is 2. The Morgan fingerprint density at radius 1 is 0.926 bits per heavy atom. The molecule has 7 nitrogen and oxygen atoms in total. The fourth-order valence-electron chi connectivity index (χ4n) is 3.19. The van der Waals surface area contributed by atoms with Gasteiger partial charge in [-0.3, -0.25) is 19.4 Å². The molecule has 4 amide bonds. The van der Waals surface area contributed by atoms with Gasteiger partial charge in [-0.05, 0) is 55.8 Å². The van der Waals surface area contributed by atoms with Crippen molar-refractivity contribution in [3.8, 4) is 11.4 Å². The summed E-state index contributed by atoms with van der Waals surface area (Å²) >= 11 is 0. The van der Waals surface area contributed by atoms with Gasteiger partial charge < -0.3 is 9.30 Å². The zero-order chi connectivity index (χ0) is 19.9. The van der Waals surface area contributed by atoms with Crippen LogP contribution in [0.5, 0.6) is 5.75 Å². The average Bonchev–Trinajstić information content (AvgIpc) is 2.95. The lowest BCUT2D eigenvalue weighted by molar-refractivity contribution is -0.134. The molecule has 3 rings (SSSR count). The van der Waals surface area contributed by atoms with Gasteiger partial charge in [0.1, 0.15) is 11.3 Å². The van der Waals surface area contributed by atoms with Crippen molar-refractivity contribution in [1.29, 1.82) is 0 Å². The van der Waals surface area contributed by atoms with Crippen LogP contribution in [-0.2, 0) is 9.59 Å². The lowest BCUT2D eigenvalue weighted by Gasteiger charge is -2.28. The number of nitrogens with zero attached hydrogens (tertiary/aromatic N) is 3. The van der Waals surface area contributed by atoms with Crippen LogP contribution in [0, 0.1) is 13.8 Å². The fourth-order valence-corrected chi connectivity index (χ4v) is 3.19. The van der Waals surface area contributed by atoms with Crippen LogP contribution in [-0.4, -0.2) is 53.4 Å². The molecule has 1 aliphatic rings. The second-order valence-electron chi connectivity index (χ2n) is 6.43. The Bertz CT molecular complexity index is 944. The Labute approximate surface area is 157 Å². The summed E-state index contributed by atoms with van der Waals surface area (Å²) in [5.74, 6) is -0.438. The molecule has 0 bridgehead atoms. The normalized spacial score (nSPS) is 14.9. The number of likely N-dealkylation sites (N-methyl/N-ethyl adjacent to an activating group) is 2. The minimum Gasteiger partial charge on any atom is -0.497 e. The molecule has 0 saturated carbocycles. The maximum Gasteiger partial charge on any atom is 0.333 e. The molecule has 1 aliphatic heterocycles. The first-order valence-corrected chi connectivity index (χ1v) is 8.41. The number of rotatable bonds is 3. The predicted molar refractivity (Wildman–Crippen MR) is 101 cm³/mol. The van der Waals surface area contributed by atoms with Gasteiger partial charge in [0.05, 0.1) is 7.11 Å². The number of carbonyl (C=O) groups excluding carboxylic acids is 3. The van der Waals surface area contributed by atoms with E-state index in [9.17, 15) is 14.4 Å². The van der Waals surface area contributed by atoms with Crippen molar-refractivity contribution in [2.45, 2.75) is 13.8 Å². The summed E-state index contributed by atoms with van der Waals surface area (Å²) < 4.78 is 7.22. The summed E-state index contributed by atoms with van der Waals surface area (Å²) in [4.78, 5) is 38.6. The summed E-state index contributed by atoms with van der Waals surface area (Å²) in [6, 6.07) is 8.89. The van der Waals surface area contributed by atoms with E-state index >= 15 is 0 Å². The number of methoxy groups -OCH3 is 1. The van der Waals surface area contributed by atoms with Crippen LogP contribution in [0.3, 0.4) is 0 Å². The Kier molecular flexibility index (Phi) is 4.61. The van der Waals surface area contributed by atoms with Gasteiger partial charge in [0.2, 0.25) is 0 Å². The summed E-state index contributed by atoms with van der Waals surface area (Å²) in [5.41, 5.74) is 3.50. The number of hydrogen-bond acceptors (Lipinski definition) is 4. The Hall–Kier alpha value is -3.35. The fraction of sp³-hybridized carbons (Fsp3) is 0.250. The van der Waals surface area contributed by atoms with Gasteiger partial charge in [0.15, 0.2) is 0 Å².